The Bertz CT molecular complexity index is 7490. The van der Waals surface area contributed by atoms with Gasteiger partial charge >= 0.3 is 12.4 Å². The Labute approximate surface area is 820 Å². The molecule has 18 nitrogen and oxygen atoms in total. The van der Waals surface area contributed by atoms with Crippen molar-refractivity contribution in [3.8, 4) is 79.0 Å². The van der Waals surface area contributed by atoms with Crippen molar-refractivity contribution in [1.29, 1.82) is 0 Å². The highest BCUT2D eigenvalue weighted by molar-refractivity contribution is 7.94. The highest BCUT2D eigenvalue weighted by Crippen LogP contribution is 2.50. The summed E-state index contributed by atoms with van der Waals surface area (Å²) >= 11 is 0. The van der Waals surface area contributed by atoms with E-state index in [1.165, 1.54) is 78.4 Å². The van der Waals surface area contributed by atoms with Gasteiger partial charge in [0.15, 0.2) is 43.9 Å². The first kappa shape index (κ1) is 95.7. The Kier molecular flexibility index (Phi) is 28.1. The molecule has 22 rings (SSSR count). The maximum absolute atomic E-state index is 14.4. The van der Waals surface area contributed by atoms with E-state index in [0.29, 0.717) is 126 Å². The molecular formula is C112H84F8N4O14S4. The van der Waals surface area contributed by atoms with Gasteiger partial charge in [-0.25, -0.2) is 25.6 Å². The van der Waals surface area contributed by atoms with Crippen LogP contribution in [0.2, 0.25) is 0 Å². The summed E-state index contributed by atoms with van der Waals surface area (Å²) in [4.78, 5) is 47.5. The molecule has 0 aromatic heterocycles. The molecule has 0 radical (unpaired) electrons. The first-order valence-electron chi connectivity index (χ1n) is 45.3. The number of carbonyl (C=O) groups is 4. The molecule has 0 bridgehead atoms. The number of nitrogens with one attached hydrogen (secondary N) is 4. The van der Waals surface area contributed by atoms with E-state index in [9.17, 15) is 71.1 Å². The number of halogens is 8. The number of benzene rings is 14. The maximum Gasteiger partial charge on any atom is 0.417 e. The van der Waals surface area contributed by atoms with Gasteiger partial charge in [-0.3, -0.25) is 38.1 Å². The van der Waals surface area contributed by atoms with Crippen LogP contribution in [0.1, 0.15) is 139 Å². The maximum atomic E-state index is 14.4. The van der Waals surface area contributed by atoms with E-state index >= 15 is 0 Å². The molecule has 142 heavy (non-hydrogen) atoms. The van der Waals surface area contributed by atoms with Gasteiger partial charge in [0.25, 0.3) is 23.6 Å². The minimum atomic E-state index is -4.44. The summed E-state index contributed by atoms with van der Waals surface area (Å²) < 4.78 is 203. The van der Waals surface area contributed by atoms with E-state index in [-0.39, 0.29) is 59.3 Å². The lowest BCUT2D eigenvalue weighted by molar-refractivity contribution is -0.138. The van der Waals surface area contributed by atoms with Crippen LogP contribution < -0.4 is 47.3 Å². The van der Waals surface area contributed by atoms with Crippen LogP contribution >= 0.6 is 0 Å². The fraction of sp³-hybridized carbons (Fsp3) is 0.143. The average molecular weight is 1990 g/mol. The van der Waals surface area contributed by atoms with Gasteiger partial charge in [0.05, 0.1) is 30.7 Å². The Balaban J connectivity index is 0.000000120. The lowest BCUT2D eigenvalue weighted by Gasteiger charge is -2.18. The largest absolute Gasteiger partial charge is 0.488 e. The molecule has 8 aliphatic rings. The number of alkyl halides is 6. The van der Waals surface area contributed by atoms with E-state index in [4.69, 9.17) is 28.4 Å². The third kappa shape index (κ3) is 21.6. The zero-order valence-electron chi connectivity index (χ0n) is 75.1. The molecule has 716 valence electrons. The van der Waals surface area contributed by atoms with Crippen molar-refractivity contribution in [3.05, 3.63) is 440 Å². The molecule has 0 saturated heterocycles. The number of amides is 4. The first-order valence-corrected chi connectivity index (χ1v) is 49.9. The number of hydrogen-bond donors (Lipinski definition) is 4. The molecule has 14 aromatic rings. The van der Waals surface area contributed by atoms with Crippen LogP contribution in [0, 0.1) is 11.6 Å². The van der Waals surface area contributed by atoms with E-state index in [1.54, 1.807) is 109 Å². The third-order valence-electron chi connectivity index (χ3n) is 25.1. The summed E-state index contributed by atoms with van der Waals surface area (Å²) in [5.41, 5.74) is 17.2. The van der Waals surface area contributed by atoms with E-state index in [0.717, 1.165) is 116 Å². The monoisotopic (exact) mass is 1990 g/mol. The Hall–Kier alpha value is -15.2. The van der Waals surface area contributed by atoms with Crippen molar-refractivity contribution >= 4 is 87.2 Å². The molecular weight excluding hydrogens is 1910 g/mol. The number of carbonyl (C=O) groups excluding carboxylic acids is 4. The predicted molar refractivity (Wildman–Crippen MR) is 529 cm³/mol. The van der Waals surface area contributed by atoms with Crippen LogP contribution in [-0.2, 0) is 114 Å². The standard InChI is InChI=1S/2C31H24FNO4S.2C25H18F3NO3S/c32-22-11-15-28(36-19-20-5-2-1-3-6-20)27(17-22)24-7-4-8-26-25(24)14-16-29(26)37-23-12-9-21(10-13-23)30-18-31(34)33-38(30)35;32-22-11-14-27(29(17-22)36-19-20-5-2-1-3-6-20)24-7-4-8-26-25(24)15-16-28(26)37-23-12-9-21(10-13-23)30-18-31(34)33-38(30)35;26-25(27,28)17-4-1-3-16(13-17)19-5-2-6-21-20(19)11-12-22(21)32-18-9-7-15(8-10-18)23-14-24(30)29-33(23)31;26-25(27,28)21-7-2-1-4-19(21)17-5-3-6-20-18(17)12-13-22(20)32-16-10-8-15(9-11-16)23-14-24(30)29-33(23)31/h1-13,15,17-18,29H,14,16,19H2,(H,33,34);1-14,17-18,28H,15-16,19H2,(H,33,34);1-10,13-14,22H,11-12H2,(H,29,30);1-11,14,22H,12-13H2,(H,29,30)/t29-,38?;28-,38?;2*22-,33?/m1111/s1. The van der Waals surface area contributed by atoms with Gasteiger partial charge in [-0.15, -0.1) is 0 Å². The van der Waals surface area contributed by atoms with E-state index < -0.39 is 73.3 Å². The molecule has 8 atom stereocenters. The smallest absolute Gasteiger partial charge is 0.417 e. The summed E-state index contributed by atoms with van der Waals surface area (Å²) in [6.07, 6.45) is 1.59. The van der Waals surface area contributed by atoms with Gasteiger partial charge in [0.1, 0.15) is 83.8 Å². The molecule has 4 heterocycles. The predicted octanol–water partition coefficient (Wildman–Crippen LogP) is 23.7. The number of hydrogen-bond acceptors (Lipinski definition) is 14. The summed E-state index contributed by atoms with van der Waals surface area (Å²) in [5.74, 6) is 1.56. The van der Waals surface area contributed by atoms with Crippen LogP contribution in [0.25, 0.3) is 64.1 Å². The highest BCUT2D eigenvalue weighted by Gasteiger charge is 2.38. The highest BCUT2D eigenvalue weighted by atomic mass is 32.2. The van der Waals surface area contributed by atoms with Crippen LogP contribution in [-0.4, -0.2) is 40.5 Å². The van der Waals surface area contributed by atoms with Crippen molar-refractivity contribution in [2.75, 3.05) is 0 Å². The topological polar surface area (TPSA) is 240 Å². The van der Waals surface area contributed by atoms with Crippen molar-refractivity contribution in [1.82, 2.24) is 18.9 Å². The second-order valence-electron chi connectivity index (χ2n) is 34.1. The molecule has 0 spiro atoms. The molecule has 4 amide bonds. The second-order valence-corrected chi connectivity index (χ2v) is 38.8. The molecule has 4 N–H and O–H groups in total. The van der Waals surface area contributed by atoms with Crippen LogP contribution in [0.15, 0.2) is 340 Å². The minimum Gasteiger partial charge on any atom is -0.488 e. The molecule has 14 aromatic carbocycles. The molecule has 0 fully saturated rings. The second kappa shape index (κ2) is 41.7. The minimum absolute atomic E-state index is 0.131. The fourth-order valence-corrected chi connectivity index (χ4v) is 22.2. The molecule has 4 aliphatic heterocycles. The van der Waals surface area contributed by atoms with Crippen molar-refractivity contribution < 1.29 is 99.6 Å². The number of rotatable bonds is 22. The van der Waals surface area contributed by atoms with Crippen LogP contribution in [0.5, 0.6) is 34.5 Å². The molecule has 4 unspecified atom stereocenters. The lowest BCUT2D eigenvalue weighted by atomic mass is 9.93. The van der Waals surface area contributed by atoms with E-state index in [2.05, 4.69) is 31.0 Å². The van der Waals surface area contributed by atoms with Gasteiger partial charge < -0.3 is 28.4 Å². The number of ether oxygens (including phenoxy) is 6. The van der Waals surface area contributed by atoms with Gasteiger partial charge in [0.2, 0.25) is 0 Å². The van der Waals surface area contributed by atoms with Crippen LogP contribution in [0.4, 0.5) is 35.1 Å². The zero-order chi connectivity index (χ0) is 98.5. The fourth-order valence-electron chi connectivity index (χ4n) is 18.6. The van der Waals surface area contributed by atoms with E-state index in [1.807, 2.05) is 133 Å². The Morgan fingerprint density at radius 3 is 0.979 bits per heavy atom. The lowest BCUT2D eigenvalue weighted by Crippen LogP contribution is -2.16. The van der Waals surface area contributed by atoms with Gasteiger partial charge in [-0.1, -0.05) is 212 Å². The summed E-state index contributed by atoms with van der Waals surface area (Å²) in [7, 11) is -6.20. The normalized spacial score (nSPS) is 18.8. The van der Waals surface area contributed by atoms with Crippen molar-refractivity contribution in [3.63, 3.8) is 0 Å². The quantitative estimate of drug-likeness (QED) is 0.0462. The molecule has 0 saturated carbocycles. The summed E-state index contributed by atoms with van der Waals surface area (Å²) in [6.45, 7) is 0.744. The van der Waals surface area contributed by atoms with Crippen LogP contribution in [0.3, 0.4) is 0 Å². The van der Waals surface area contributed by atoms with Gasteiger partial charge in [-0.2, -0.15) is 26.3 Å². The average Bonchev–Trinajstić information content (AvgIpc) is 1.55. The third-order valence-corrected chi connectivity index (χ3v) is 29.7. The SMILES string of the molecule is O=C1C=C(c2ccc(O[C@@H]3CCc4c(-c5cc(F)ccc5OCc5ccccc5)cccc43)cc2)S(=O)N1.O=C1C=C(c2ccc(O[C@@H]3CCc4c(-c5ccc(F)cc5OCc5ccccc5)cccc43)cc2)S(=O)N1.O=C1C=C(c2ccc(O[C@@H]3CCc4c(-c5cccc(C(F)(F)F)c5)cccc43)cc2)S(=O)N1.O=C1C=C(c2ccc(O[C@@H]3CCc4c(-c5ccccc5C(F)(F)F)cccc43)cc2)S(=O)N1. The number of fused-ring (bicyclic) bond motifs is 4. The van der Waals surface area contributed by atoms with Crippen molar-refractivity contribution in [2.45, 2.75) is 101 Å². The van der Waals surface area contributed by atoms with Gasteiger partial charge in [0, 0.05) is 41.5 Å². The molecule has 30 heteroatoms. The Morgan fingerprint density at radius 2 is 0.606 bits per heavy atom. The molecule has 4 aliphatic carbocycles. The first-order chi connectivity index (χ1) is 68.7. The zero-order valence-corrected chi connectivity index (χ0v) is 78.4. The van der Waals surface area contributed by atoms with Crippen molar-refractivity contribution in [2.24, 2.45) is 0 Å². The Morgan fingerprint density at radius 1 is 0.282 bits per heavy atom. The van der Waals surface area contributed by atoms with Gasteiger partial charge in [-0.05, 0) is 260 Å². The summed E-state index contributed by atoms with van der Waals surface area (Å²) in [5, 5.41) is 0. The summed E-state index contributed by atoms with van der Waals surface area (Å²) in [6, 6.07) is 91.6.